The van der Waals surface area contributed by atoms with Gasteiger partial charge in [-0.3, -0.25) is 0 Å². The molecule has 4 aromatic rings. The van der Waals surface area contributed by atoms with Crippen LogP contribution in [0.25, 0.3) is 32.5 Å². The average molecular weight is 350 g/mol. The number of benzene rings is 3. The highest BCUT2D eigenvalue weighted by molar-refractivity contribution is 6.18. The van der Waals surface area contributed by atoms with Gasteiger partial charge in [-0.05, 0) is 36.8 Å². The number of rotatable bonds is 3. The van der Waals surface area contributed by atoms with Crippen molar-refractivity contribution in [3.8, 4) is 17.2 Å². The molecule has 0 aliphatic heterocycles. The summed E-state index contributed by atoms with van der Waals surface area (Å²) >= 11 is 0. The van der Waals surface area contributed by atoms with E-state index in [4.69, 9.17) is 18.6 Å². The molecule has 0 atom stereocenters. The molecule has 0 saturated heterocycles. The van der Waals surface area contributed by atoms with Gasteiger partial charge in [0, 0.05) is 16.2 Å². The lowest BCUT2D eigenvalue weighted by Gasteiger charge is -2.14. The third kappa shape index (κ3) is 2.20. The Bertz CT molecular complexity index is 1220. The molecule has 0 unspecified atom stereocenters. The minimum absolute atomic E-state index is 0.399. The molecule has 0 amide bonds. The van der Waals surface area contributed by atoms with Gasteiger partial charge < -0.3 is 18.6 Å². The molecule has 26 heavy (non-hydrogen) atoms. The van der Waals surface area contributed by atoms with Crippen molar-refractivity contribution >= 4 is 32.5 Å². The summed E-state index contributed by atoms with van der Waals surface area (Å²) in [4.78, 5) is 12.7. The molecule has 0 aliphatic carbocycles. The van der Waals surface area contributed by atoms with Gasteiger partial charge in [0.25, 0.3) is 0 Å². The monoisotopic (exact) mass is 350 g/mol. The van der Waals surface area contributed by atoms with E-state index in [1.54, 1.807) is 21.3 Å². The summed E-state index contributed by atoms with van der Waals surface area (Å²) in [6.45, 7) is 1.91. The molecule has 0 spiro atoms. The number of hydrogen-bond donors (Lipinski definition) is 0. The predicted octanol–water partition coefficient (Wildman–Crippen LogP) is 4.43. The van der Waals surface area contributed by atoms with Gasteiger partial charge in [-0.2, -0.15) is 0 Å². The molecule has 0 N–H and O–H groups in total. The number of methoxy groups -OCH3 is 3. The molecule has 0 radical (unpaired) electrons. The Hall–Kier alpha value is -3.21. The Morgan fingerprint density at radius 1 is 0.769 bits per heavy atom. The molecule has 5 nitrogen and oxygen atoms in total. The van der Waals surface area contributed by atoms with Crippen molar-refractivity contribution < 1.29 is 18.6 Å². The van der Waals surface area contributed by atoms with E-state index in [0.29, 0.717) is 33.6 Å². The van der Waals surface area contributed by atoms with Crippen LogP contribution in [0.5, 0.6) is 17.2 Å². The van der Waals surface area contributed by atoms with E-state index in [1.807, 2.05) is 43.3 Å². The van der Waals surface area contributed by atoms with Gasteiger partial charge in [-0.15, -0.1) is 0 Å². The Morgan fingerprint density at radius 2 is 1.46 bits per heavy atom. The SMILES string of the molecule is COc1cccc2c1c(OC)cc1c2oc(=O)c2cc(C)cc(OC)c21. The molecule has 0 bridgehead atoms. The highest BCUT2D eigenvalue weighted by Crippen LogP contribution is 2.42. The van der Waals surface area contributed by atoms with Crippen LogP contribution in [0.4, 0.5) is 0 Å². The summed E-state index contributed by atoms with van der Waals surface area (Å²) in [5.41, 5.74) is 1.01. The van der Waals surface area contributed by atoms with Crippen molar-refractivity contribution in [2.75, 3.05) is 21.3 Å². The lowest BCUT2D eigenvalue weighted by atomic mass is 9.99. The second-order valence-electron chi connectivity index (χ2n) is 6.12. The van der Waals surface area contributed by atoms with Crippen molar-refractivity contribution in [1.82, 2.24) is 0 Å². The van der Waals surface area contributed by atoms with Crippen LogP contribution in [0.1, 0.15) is 5.56 Å². The first kappa shape index (κ1) is 16.3. The fraction of sp³-hybridized carbons (Fsp3) is 0.190. The third-order valence-electron chi connectivity index (χ3n) is 4.63. The van der Waals surface area contributed by atoms with E-state index in [-0.39, 0.29) is 0 Å². The van der Waals surface area contributed by atoms with Crippen molar-refractivity contribution in [2.45, 2.75) is 6.92 Å². The maximum absolute atomic E-state index is 12.7. The number of hydrogen-bond acceptors (Lipinski definition) is 5. The molecule has 3 aromatic carbocycles. The standard InChI is InChI=1S/C21H18O5/c1-11-8-14-18(16(9-11)24-3)13-10-17(25-4)19-12(20(13)26-21(14)22)6-5-7-15(19)23-2/h5-10H,1-4H3. The topological polar surface area (TPSA) is 57.9 Å². The molecule has 0 fully saturated rings. The zero-order chi connectivity index (χ0) is 18.4. The van der Waals surface area contributed by atoms with E-state index in [1.165, 1.54) is 0 Å². The maximum atomic E-state index is 12.7. The molecule has 4 rings (SSSR count). The van der Waals surface area contributed by atoms with Crippen molar-refractivity contribution in [2.24, 2.45) is 0 Å². The molecule has 1 heterocycles. The Kier molecular flexibility index (Phi) is 3.72. The highest BCUT2D eigenvalue weighted by atomic mass is 16.5. The molecule has 132 valence electrons. The van der Waals surface area contributed by atoms with Gasteiger partial charge in [0.1, 0.15) is 22.8 Å². The summed E-state index contributed by atoms with van der Waals surface area (Å²) in [5.74, 6) is 1.92. The summed E-state index contributed by atoms with van der Waals surface area (Å²) in [6, 6.07) is 11.2. The molecular formula is C21H18O5. The lowest BCUT2D eigenvalue weighted by Crippen LogP contribution is -2.03. The smallest absolute Gasteiger partial charge is 0.344 e. The predicted molar refractivity (Wildman–Crippen MR) is 102 cm³/mol. The van der Waals surface area contributed by atoms with Crippen LogP contribution in [-0.4, -0.2) is 21.3 Å². The minimum Gasteiger partial charge on any atom is -0.496 e. The van der Waals surface area contributed by atoms with Gasteiger partial charge in [-0.1, -0.05) is 12.1 Å². The number of ether oxygens (including phenoxy) is 3. The second-order valence-corrected chi connectivity index (χ2v) is 6.12. The highest BCUT2D eigenvalue weighted by Gasteiger charge is 2.19. The van der Waals surface area contributed by atoms with Crippen molar-refractivity contribution in [1.29, 1.82) is 0 Å². The summed E-state index contributed by atoms with van der Waals surface area (Å²) in [5, 5.41) is 3.47. The molecule has 0 aliphatic rings. The Balaban J connectivity index is 2.34. The zero-order valence-corrected chi connectivity index (χ0v) is 15.0. The largest absolute Gasteiger partial charge is 0.496 e. The van der Waals surface area contributed by atoms with Crippen LogP contribution < -0.4 is 19.8 Å². The first-order valence-corrected chi connectivity index (χ1v) is 8.18. The van der Waals surface area contributed by atoms with Crippen LogP contribution in [0.15, 0.2) is 45.6 Å². The van der Waals surface area contributed by atoms with Crippen LogP contribution in [0.2, 0.25) is 0 Å². The minimum atomic E-state index is -0.399. The second kappa shape index (κ2) is 5.95. The quantitative estimate of drug-likeness (QED) is 0.404. The summed E-state index contributed by atoms with van der Waals surface area (Å²) < 4.78 is 22.4. The fourth-order valence-electron chi connectivity index (χ4n) is 3.52. The summed E-state index contributed by atoms with van der Waals surface area (Å²) in [6.07, 6.45) is 0. The molecule has 5 heteroatoms. The maximum Gasteiger partial charge on any atom is 0.344 e. The van der Waals surface area contributed by atoms with Crippen LogP contribution >= 0.6 is 0 Å². The van der Waals surface area contributed by atoms with Gasteiger partial charge in [0.15, 0.2) is 0 Å². The first-order chi connectivity index (χ1) is 12.6. The third-order valence-corrected chi connectivity index (χ3v) is 4.63. The van der Waals surface area contributed by atoms with Gasteiger partial charge in [0.2, 0.25) is 0 Å². The molecule has 1 aromatic heterocycles. The van der Waals surface area contributed by atoms with E-state index < -0.39 is 5.63 Å². The van der Waals surface area contributed by atoms with Crippen LogP contribution in [-0.2, 0) is 0 Å². The van der Waals surface area contributed by atoms with Gasteiger partial charge >= 0.3 is 5.63 Å². The van der Waals surface area contributed by atoms with Gasteiger partial charge in [0.05, 0.1) is 32.1 Å². The molecular weight excluding hydrogens is 332 g/mol. The van der Waals surface area contributed by atoms with Crippen molar-refractivity contribution in [3.63, 3.8) is 0 Å². The van der Waals surface area contributed by atoms with Crippen LogP contribution in [0.3, 0.4) is 0 Å². The Morgan fingerprint density at radius 3 is 2.15 bits per heavy atom. The fourth-order valence-corrected chi connectivity index (χ4v) is 3.52. The van der Waals surface area contributed by atoms with Crippen LogP contribution in [0, 0.1) is 6.92 Å². The Labute approximate surface area is 149 Å². The van der Waals surface area contributed by atoms with E-state index >= 15 is 0 Å². The van der Waals surface area contributed by atoms with E-state index in [2.05, 4.69) is 0 Å². The van der Waals surface area contributed by atoms with E-state index in [9.17, 15) is 4.79 Å². The van der Waals surface area contributed by atoms with E-state index in [0.717, 1.165) is 21.7 Å². The van der Waals surface area contributed by atoms with Crippen molar-refractivity contribution in [3.05, 3.63) is 52.4 Å². The van der Waals surface area contributed by atoms with Gasteiger partial charge in [-0.25, -0.2) is 4.79 Å². The number of aryl methyl sites for hydroxylation is 1. The normalized spacial score (nSPS) is 11.2. The first-order valence-electron chi connectivity index (χ1n) is 8.18. The lowest BCUT2D eigenvalue weighted by molar-refractivity contribution is 0.405. The zero-order valence-electron chi connectivity index (χ0n) is 15.0. The molecule has 0 saturated carbocycles. The number of fused-ring (bicyclic) bond motifs is 5. The summed E-state index contributed by atoms with van der Waals surface area (Å²) in [7, 11) is 4.80. The average Bonchev–Trinajstić information content (AvgIpc) is 2.66.